The molecular formula is C24H24N2O4. The fraction of sp³-hybridized carbons (Fsp3) is 0.167. The average Bonchev–Trinajstić information content (AvgIpc) is 2.81. The molecule has 2 N–H and O–H groups in total. The molecule has 154 valence electrons. The molecule has 6 nitrogen and oxygen atoms in total. The van der Waals surface area contributed by atoms with Gasteiger partial charge in [-0.2, -0.15) is 0 Å². The van der Waals surface area contributed by atoms with Gasteiger partial charge in [0.1, 0.15) is 0 Å². The Labute approximate surface area is 175 Å². The number of amides is 2. The zero-order valence-corrected chi connectivity index (χ0v) is 17.0. The van der Waals surface area contributed by atoms with Crippen molar-refractivity contribution in [3.05, 3.63) is 83.9 Å². The molecule has 0 saturated carbocycles. The highest BCUT2D eigenvalue weighted by Gasteiger charge is 2.15. The topological polar surface area (TPSA) is 76.7 Å². The fourth-order valence-corrected chi connectivity index (χ4v) is 2.94. The van der Waals surface area contributed by atoms with Crippen LogP contribution in [0.15, 0.2) is 72.8 Å². The average molecular weight is 404 g/mol. The summed E-state index contributed by atoms with van der Waals surface area (Å²) in [5, 5.41) is 0. The summed E-state index contributed by atoms with van der Waals surface area (Å²) in [6.07, 6.45) is 0.863. The van der Waals surface area contributed by atoms with Crippen LogP contribution in [-0.2, 0) is 0 Å². The number of hydrogen-bond acceptors (Lipinski definition) is 4. The summed E-state index contributed by atoms with van der Waals surface area (Å²) >= 11 is 0. The van der Waals surface area contributed by atoms with E-state index in [1.807, 2.05) is 49.4 Å². The number of benzene rings is 3. The van der Waals surface area contributed by atoms with E-state index in [0.29, 0.717) is 29.2 Å². The first kappa shape index (κ1) is 20.9. The van der Waals surface area contributed by atoms with Crippen molar-refractivity contribution in [2.45, 2.75) is 13.3 Å². The third-order valence-electron chi connectivity index (χ3n) is 4.43. The molecule has 3 aromatic carbocycles. The van der Waals surface area contributed by atoms with E-state index in [1.165, 1.54) is 7.11 Å². The largest absolute Gasteiger partial charge is 0.493 e. The van der Waals surface area contributed by atoms with Gasteiger partial charge in [-0.1, -0.05) is 55.5 Å². The van der Waals surface area contributed by atoms with Crippen LogP contribution in [0.5, 0.6) is 11.5 Å². The number of carbonyl (C=O) groups is 2. The molecule has 0 saturated heterocycles. The summed E-state index contributed by atoms with van der Waals surface area (Å²) in [7, 11) is 1.51. The van der Waals surface area contributed by atoms with Crippen LogP contribution in [0.1, 0.15) is 34.1 Å². The fourth-order valence-electron chi connectivity index (χ4n) is 2.94. The van der Waals surface area contributed by atoms with Crippen LogP contribution in [0.3, 0.4) is 0 Å². The molecular weight excluding hydrogens is 380 g/mol. The minimum absolute atomic E-state index is 0.340. The first-order valence-electron chi connectivity index (χ1n) is 9.70. The van der Waals surface area contributed by atoms with Crippen molar-refractivity contribution >= 4 is 11.8 Å². The highest BCUT2D eigenvalue weighted by atomic mass is 16.5. The van der Waals surface area contributed by atoms with Gasteiger partial charge in [0.2, 0.25) is 0 Å². The molecule has 0 aromatic heterocycles. The molecule has 0 unspecified atom stereocenters. The minimum atomic E-state index is -0.458. The van der Waals surface area contributed by atoms with Crippen molar-refractivity contribution in [2.75, 3.05) is 13.7 Å². The first-order chi connectivity index (χ1) is 14.6. The molecule has 0 bridgehead atoms. The number of carbonyl (C=O) groups excluding carboxylic acids is 2. The van der Waals surface area contributed by atoms with Crippen molar-refractivity contribution in [3.8, 4) is 22.6 Å². The zero-order chi connectivity index (χ0) is 21.3. The number of rotatable bonds is 7. The van der Waals surface area contributed by atoms with Crippen molar-refractivity contribution in [1.82, 2.24) is 10.9 Å². The van der Waals surface area contributed by atoms with Crippen LogP contribution in [0.2, 0.25) is 0 Å². The summed E-state index contributed by atoms with van der Waals surface area (Å²) in [4.78, 5) is 25.2. The van der Waals surface area contributed by atoms with Gasteiger partial charge in [0.15, 0.2) is 11.5 Å². The lowest BCUT2D eigenvalue weighted by Gasteiger charge is -2.13. The third-order valence-corrected chi connectivity index (χ3v) is 4.43. The van der Waals surface area contributed by atoms with Gasteiger partial charge in [-0.25, -0.2) is 0 Å². The summed E-state index contributed by atoms with van der Waals surface area (Å²) in [5.74, 6) is 0.159. The maximum atomic E-state index is 12.7. The minimum Gasteiger partial charge on any atom is -0.493 e. The maximum absolute atomic E-state index is 12.7. The number of ether oxygens (including phenoxy) is 2. The van der Waals surface area contributed by atoms with Gasteiger partial charge in [0.25, 0.3) is 11.8 Å². The van der Waals surface area contributed by atoms with E-state index in [2.05, 4.69) is 10.9 Å². The molecule has 0 atom stereocenters. The Morgan fingerprint density at radius 3 is 2.27 bits per heavy atom. The molecule has 0 aliphatic carbocycles. The molecule has 3 rings (SSSR count). The Balaban J connectivity index is 1.71. The van der Waals surface area contributed by atoms with Crippen LogP contribution >= 0.6 is 0 Å². The lowest BCUT2D eigenvalue weighted by molar-refractivity contribution is 0.0847. The van der Waals surface area contributed by atoms with E-state index < -0.39 is 11.8 Å². The third kappa shape index (κ3) is 4.97. The lowest BCUT2D eigenvalue weighted by Crippen LogP contribution is -2.41. The Bertz CT molecular complexity index is 1020. The second kappa shape index (κ2) is 10.1. The smallest absolute Gasteiger partial charge is 0.270 e. The Morgan fingerprint density at radius 2 is 1.53 bits per heavy atom. The number of methoxy groups -OCH3 is 1. The van der Waals surface area contributed by atoms with E-state index in [-0.39, 0.29) is 0 Å². The molecule has 0 spiro atoms. The van der Waals surface area contributed by atoms with Crippen LogP contribution in [0, 0.1) is 0 Å². The van der Waals surface area contributed by atoms with Gasteiger partial charge >= 0.3 is 0 Å². The van der Waals surface area contributed by atoms with Gasteiger partial charge in [0.05, 0.1) is 13.7 Å². The molecule has 30 heavy (non-hydrogen) atoms. The zero-order valence-electron chi connectivity index (χ0n) is 17.0. The predicted octanol–water partition coefficient (Wildman–Crippen LogP) is 4.23. The molecule has 3 aromatic rings. The van der Waals surface area contributed by atoms with E-state index in [4.69, 9.17) is 9.47 Å². The van der Waals surface area contributed by atoms with Gasteiger partial charge in [-0.05, 0) is 41.8 Å². The summed E-state index contributed by atoms with van der Waals surface area (Å²) in [5.41, 5.74) is 7.44. The van der Waals surface area contributed by atoms with Crippen molar-refractivity contribution in [1.29, 1.82) is 0 Å². The predicted molar refractivity (Wildman–Crippen MR) is 116 cm³/mol. The van der Waals surface area contributed by atoms with Crippen LogP contribution in [0.25, 0.3) is 11.1 Å². The Kier molecular flexibility index (Phi) is 7.05. The highest BCUT2D eigenvalue weighted by Crippen LogP contribution is 2.28. The SMILES string of the molecule is CCCOc1ccc(C(=O)NNC(=O)c2ccccc2-c2ccccc2)cc1OC. The van der Waals surface area contributed by atoms with Crippen LogP contribution < -0.4 is 20.3 Å². The van der Waals surface area contributed by atoms with E-state index >= 15 is 0 Å². The normalized spacial score (nSPS) is 10.2. The summed E-state index contributed by atoms with van der Waals surface area (Å²) in [6.45, 7) is 2.56. The lowest BCUT2D eigenvalue weighted by atomic mass is 9.99. The second-order valence-corrected chi connectivity index (χ2v) is 6.53. The van der Waals surface area contributed by atoms with Gasteiger partial charge in [-0.3, -0.25) is 20.4 Å². The number of nitrogens with one attached hydrogen (secondary N) is 2. The molecule has 0 fully saturated rings. The van der Waals surface area contributed by atoms with E-state index in [0.717, 1.165) is 17.5 Å². The molecule has 0 heterocycles. The first-order valence-corrected chi connectivity index (χ1v) is 9.70. The van der Waals surface area contributed by atoms with E-state index in [9.17, 15) is 9.59 Å². The summed E-state index contributed by atoms with van der Waals surface area (Å²) in [6, 6.07) is 21.7. The van der Waals surface area contributed by atoms with Gasteiger partial charge < -0.3 is 9.47 Å². The molecule has 0 radical (unpaired) electrons. The maximum Gasteiger partial charge on any atom is 0.270 e. The second-order valence-electron chi connectivity index (χ2n) is 6.53. The standard InChI is InChI=1S/C24H24N2O4/c1-3-15-30-21-14-13-18(16-22(21)29-2)23(27)25-26-24(28)20-12-8-7-11-19(20)17-9-5-4-6-10-17/h4-14,16H,3,15H2,1-2H3,(H,25,27)(H,26,28). The highest BCUT2D eigenvalue weighted by molar-refractivity contribution is 6.03. The number of hydrogen-bond donors (Lipinski definition) is 2. The summed E-state index contributed by atoms with van der Waals surface area (Å²) < 4.78 is 10.9. The van der Waals surface area contributed by atoms with Gasteiger partial charge in [0, 0.05) is 11.1 Å². The molecule has 0 aliphatic rings. The number of hydrazine groups is 1. The van der Waals surface area contributed by atoms with Crippen molar-refractivity contribution in [3.63, 3.8) is 0 Å². The molecule has 2 amide bonds. The van der Waals surface area contributed by atoms with Crippen molar-refractivity contribution < 1.29 is 19.1 Å². The van der Waals surface area contributed by atoms with Crippen LogP contribution in [-0.4, -0.2) is 25.5 Å². The molecule has 6 heteroatoms. The van der Waals surface area contributed by atoms with Crippen LogP contribution in [0.4, 0.5) is 0 Å². The Morgan fingerprint density at radius 1 is 0.833 bits per heavy atom. The van der Waals surface area contributed by atoms with Gasteiger partial charge in [-0.15, -0.1) is 0 Å². The quantitative estimate of drug-likeness (QED) is 0.578. The van der Waals surface area contributed by atoms with Crippen molar-refractivity contribution in [2.24, 2.45) is 0 Å². The Hall–Kier alpha value is -3.80. The molecule has 0 aliphatic heterocycles. The monoisotopic (exact) mass is 404 g/mol. The van der Waals surface area contributed by atoms with E-state index in [1.54, 1.807) is 30.3 Å².